The number of methoxy groups -OCH3 is 3. The molecule has 4 fully saturated rings. The highest BCUT2D eigenvalue weighted by molar-refractivity contribution is 5.92. The molecule has 0 aromatic rings. The van der Waals surface area contributed by atoms with Gasteiger partial charge in [0, 0.05) is 58.8 Å². The molecule has 3 saturated heterocycles. The van der Waals surface area contributed by atoms with Gasteiger partial charge in [0.15, 0.2) is 18.9 Å². The van der Waals surface area contributed by atoms with Crippen molar-refractivity contribution in [2.24, 2.45) is 41.4 Å². The van der Waals surface area contributed by atoms with Crippen LogP contribution in [0.15, 0.2) is 70.5 Å². The molecule has 26 atom stereocenters. The number of allylic oxidation sites excluding steroid dienone is 3. The molecule has 0 amide bonds. The Kier molecular flexibility index (Phi) is 27.6. The minimum absolute atomic E-state index is 0.000589. The van der Waals surface area contributed by atoms with E-state index in [9.17, 15) is 95.2 Å². The molecule has 1 saturated carbocycles. The molecule has 34 heteroatoms. The Morgan fingerprint density at radius 2 is 0.832 bits per heavy atom. The van der Waals surface area contributed by atoms with Crippen molar-refractivity contribution in [3.05, 3.63) is 70.5 Å². The second kappa shape index (κ2) is 34.4. The molecule has 1 unspecified atom stereocenters. The highest BCUT2D eigenvalue weighted by Gasteiger charge is 2.53. The first-order chi connectivity index (χ1) is 45.3. The second-order valence-electron chi connectivity index (χ2n) is 23.5. The van der Waals surface area contributed by atoms with Crippen molar-refractivity contribution in [1.29, 1.82) is 0 Å². The number of esters is 6. The van der Waals surface area contributed by atoms with Crippen molar-refractivity contribution in [1.82, 2.24) is 0 Å². The van der Waals surface area contributed by atoms with Crippen molar-refractivity contribution in [3.8, 4) is 0 Å². The third kappa shape index (κ3) is 17.1. The molecule has 34 nitrogen and oxygen atoms in total. The van der Waals surface area contributed by atoms with Gasteiger partial charge < -0.3 is 137 Å². The fourth-order valence-electron chi connectivity index (χ4n) is 12.7. The highest BCUT2D eigenvalue weighted by Crippen LogP contribution is 2.46. The lowest BCUT2D eigenvalue weighted by atomic mass is 9.81. The van der Waals surface area contributed by atoms with Gasteiger partial charge >= 0.3 is 35.8 Å². The predicted octanol–water partition coefficient (Wildman–Crippen LogP) is -4.59. The number of aliphatic hydroxyl groups is 13. The van der Waals surface area contributed by atoms with Gasteiger partial charge in [0.1, 0.15) is 79.4 Å². The van der Waals surface area contributed by atoms with Gasteiger partial charge in [-0.15, -0.1) is 0 Å². The molecule has 6 aliphatic heterocycles. The Morgan fingerprint density at radius 1 is 0.495 bits per heavy atom. The van der Waals surface area contributed by atoms with E-state index < -0.39 is 253 Å². The molecule has 0 spiro atoms. The monoisotopic (exact) mass is 1360 g/mol. The lowest BCUT2D eigenvalue weighted by Gasteiger charge is -2.42. The average molecular weight is 1360 g/mol. The minimum atomic E-state index is -1.89. The van der Waals surface area contributed by atoms with Crippen LogP contribution in [0.5, 0.6) is 0 Å². The van der Waals surface area contributed by atoms with E-state index in [1.54, 1.807) is 6.92 Å². The van der Waals surface area contributed by atoms with Crippen LogP contribution in [0, 0.1) is 41.4 Å². The van der Waals surface area contributed by atoms with Gasteiger partial charge in [-0.3, -0.25) is 14.4 Å². The zero-order chi connectivity index (χ0) is 69.9. The van der Waals surface area contributed by atoms with Crippen LogP contribution in [0.25, 0.3) is 0 Å². The van der Waals surface area contributed by atoms with E-state index in [0.29, 0.717) is 0 Å². The normalized spacial score (nSPS) is 38.8. The van der Waals surface area contributed by atoms with Crippen molar-refractivity contribution < 1.29 is 166 Å². The SMILES string of the molecule is C/C=C1\[C@H](O[C@@H]2O[C@H](CO)[C@@H](O)[C@H](O)[C@H]2O)OC=C(C(=O)OC)[C@H]1CC(=O)OCC(CO)[C@H]1[C@H](COC(=O)C[C@@H]2C(C(=O)OC)=CO[C@@H](O[C@@H]3O[C@H](CO)[C@@H](O)[C@H](O)[C@H]3O)/C2=C\C)[C@@H](C)C[C@@H]1OC(=O)C[C@@H]1C(C(=O)OC)=CO[C@@H](O[C@@H]2O[C@H](CO)[C@@H](O)[C@H](O)[C@H]2O)/C1=C\C. The molecule has 1 aliphatic carbocycles. The van der Waals surface area contributed by atoms with Crippen molar-refractivity contribution in [3.63, 3.8) is 0 Å². The summed E-state index contributed by atoms with van der Waals surface area (Å²) < 4.78 is 84.4. The maximum absolute atomic E-state index is 14.6. The molecule has 7 aliphatic rings. The lowest BCUT2D eigenvalue weighted by Crippen LogP contribution is -2.60. The Labute approximate surface area is 543 Å². The van der Waals surface area contributed by atoms with E-state index in [-0.39, 0.29) is 39.9 Å². The molecule has 95 heavy (non-hydrogen) atoms. The molecule has 7 rings (SSSR count). The fourth-order valence-corrected chi connectivity index (χ4v) is 12.7. The summed E-state index contributed by atoms with van der Waals surface area (Å²) in [6.07, 6.45) is -26.4. The van der Waals surface area contributed by atoms with Crippen LogP contribution in [0.1, 0.15) is 53.4 Å². The van der Waals surface area contributed by atoms with Crippen molar-refractivity contribution in [2.45, 2.75) is 170 Å². The molecular formula is C61H86O34. The Hall–Kier alpha value is -6.10. The number of carbonyl (C=O) groups excluding carboxylic acids is 6. The van der Waals surface area contributed by atoms with E-state index in [0.717, 1.165) is 40.1 Å². The van der Waals surface area contributed by atoms with Crippen LogP contribution in [0.3, 0.4) is 0 Å². The van der Waals surface area contributed by atoms with Crippen LogP contribution in [0.2, 0.25) is 0 Å². The minimum Gasteiger partial charge on any atom is -0.468 e. The summed E-state index contributed by atoms with van der Waals surface area (Å²) in [5.41, 5.74) is -0.359. The molecule has 6 heterocycles. The third-order valence-electron chi connectivity index (χ3n) is 18.0. The van der Waals surface area contributed by atoms with Crippen LogP contribution in [0.4, 0.5) is 0 Å². The molecule has 0 aromatic heterocycles. The average Bonchev–Trinajstić information content (AvgIpc) is 1.76. The van der Waals surface area contributed by atoms with Gasteiger partial charge in [0.2, 0.25) is 18.9 Å². The molecule has 0 aromatic carbocycles. The van der Waals surface area contributed by atoms with Crippen molar-refractivity contribution in [2.75, 3.05) is 61.0 Å². The largest absolute Gasteiger partial charge is 0.468 e. The van der Waals surface area contributed by atoms with E-state index in [4.69, 9.17) is 71.1 Å². The van der Waals surface area contributed by atoms with E-state index >= 15 is 0 Å². The number of hydrogen-bond acceptors (Lipinski definition) is 34. The summed E-state index contributed by atoms with van der Waals surface area (Å²) in [5, 5.41) is 136. The quantitative estimate of drug-likeness (QED) is 0.0232. The van der Waals surface area contributed by atoms with Gasteiger partial charge in [0.25, 0.3) is 0 Å². The van der Waals surface area contributed by atoms with Gasteiger partial charge in [-0.25, -0.2) is 14.4 Å². The molecule has 0 bridgehead atoms. The lowest BCUT2D eigenvalue weighted by molar-refractivity contribution is -0.327. The summed E-state index contributed by atoms with van der Waals surface area (Å²) in [5.74, 6) is -13.2. The van der Waals surface area contributed by atoms with Gasteiger partial charge in [-0.2, -0.15) is 0 Å². The number of carbonyl (C=O) groups is 6. The Morgan fingerprint density at radius 3 is 1.15 bits per heavy atom. The Bertz CT molecular complexity index is 2850. The third-order valence-corrected chi connectivity index (χ3v) is 18.0. The maximum Gasteiger partial charge on any atom is 0.337 e. The molecular weight excluding hydrogens is 1280 g/mol. The van der Waals surface area contributed by atoms with Crippen molar-refractivity contribution >= 4 is 35.8 Å². The zero-order valence-electron chi connectivity index (χ0n) is 52.9. The van der Waals surface area contributed by atoms with Gasteiger partial charge in [-0.05, 0) is 33.1 Å². The second-order valence-corrected chi connectivity index (χ2v) is 23.5. The first-order valence-corrected chi connectivity index (χ1v) is 30.6. The summed E-state index contributed by atoms with van der Waals surface area (Å²) in [6, 6.07) is 0. The number of hydrogen-bond donors (Lipinski definition) is 13. The summed E-state index contributed by atoms with van der Waals surface area (Å²) in [4.78, 5) is 82.9. The van der Waals surface area contributed by atoms with E-state index in [1.807, 2.05) is 0 Å². The van der Waals surface area contributed by atoms with Crippen LogP contribution < -0.4 is 0 Å². The standard InChI is InChI=1S/C61H86O34/c1-8-26-29(33(53(78)81-5)21-86-56(26)93-59-50(75)47(72)44(69)37(16-63)90-59)12-40(66)84-19-25(15-62)43-32(20-85-41(67)13-30-27(9-2)57(87-22-34(30)54(79)82-6)94-60-51(76)48(73)45(70)38(17-64)91-60)24(4)11-36(43)89-42(68)14-31-28(10-3)58(88-23-35(31)55(80)83-7)95-61-52(77)49(74)46(71)39(18-65)92-61/h8-10,21-25,29-32,36-39,43-52,56-65,69-77H,11-20H2,1-7H3/b26-8-,27-9-,28-10-/t24-,25?,29-,30-,31-,32+,36-,37+,38+,39+,43-,44+,45+,46+,47-,48-,49-,50+,51+,52+,56-,57-,58-,59-,60-,61-/m0/s1. The summed E-state index contributed by atoms with van der Waals surface area (Å²) in [6.45, 7) is 1.96. The number of ether oxygens (including phenoxy) is 15. The highest BCUT2D eigenvalue weighted by atomic mass is 16.8. The fraction of sp³-hybridized carbons (Fsp3) is 0.705. The molecule has 534 valence electrons. The predicted molar refractivity (Wildman–Crippen MR) is 308 cm³/mol. The number of rotatable bonds is 25. The Balaban J connectivity index is 1.14. The molecule has 0 radical (unpaired) electrons. The van der Waals surface area contributed by atoms with E-state index in [2.05, 4.69) is 0 Å². The number of aliphatic hydroxyl groups excluding tert-OH is 13. The van der Waals surface area contributed by atoms with Crippen LogP contribution in [-0.4, -0.2) is 280 Å². The summed E-state index contributed by atoms with van der Waals surface area (Å²) in [7, 11) is 3.20. The zero-order valence-corrected chi connectivity index (χ0v) is 52.9. The van der Waals surface area contributed by atoms with Gasteiger partial charge in [0.05, 0.1) is 109 Å². The van der Waals surface area contributed by atoms with E-state index in [1.165, 1.54) is 39.0 Å². The first kappa shape index (κ1) is 76.3. The van der Waals surface area contributed by atoms with Gasteiger partial charge in [-0.1, -0.05) is 25.2 Å². The maximum atomic E-state index is 14.6. The van der Waals surface area contributed by atoms with Crippen LogP contribution >= 0.6 is 0 Å². The first-order valence-electron chi connectivity index (χ1n) is 30.6. The smallest absolute Gasteiger partial charge is 0.337 e. The summed E-state index contributed by atoms with van der Waals surface area (Å²) >= 11 is 0. The molecule has 13 N–H and O–H groups in total. The topological polar surface area (TPSA) is 504 Å². The van der Waals surface area contributed by atoms with Crippen LogP contribution in [-0.2, 0) is 99.8 Å².